The summed E-state index contributed by atoms with van der Waals surface area (Å²) in [7, 11) is 3.63. The molecule has 0 saturated carbocycles. The smallest absolute Gasteiger partial charge is 0.191 e. The van der Waals surface area contributed by atoms with Crippen molar-refractivity contribution in [3.8, 4) is 0 Å². The topological polar surface area (TPSA) is 67.9 Å². The molecular weight excluding hydrogens is 266 g/mol. The van der Waals surface area contributed by atoms with Crippen molar-refractivity contribution in [3.63, 3.8) is 0 Å². The van der Waals surface area contributed by atoms with Crippen LogP contribution in [0.25, 0.3) is 0 Å². The Kier molecular flexibility index (Phi) is 4.63. The second-order valence-electron chi connectivity index (χ2n) is 5.48. The normalized spacial score (nSPS) is 22.4. The summed E-state index contributed by atoms with van der Waals surface area (Å²) in [6.45, 7) is 3.90. The maximum absolute atomic E-state index is 12.4. The van der Waals surface area contributed by atoms with Crippen LogP contribution in [0.2, 0.25) is 0 Å². The Bertz CT molecular complexity index is 569. The number of anilines is 2. The molecule has 2 atom stereocenters. The van der Waals surface area contributed by atoms with Crippen LogP contribution in [-0.4, -0.2) is 37.9 Å². The van der Waals surface area contributed by atoms with Crippen LogP contribution < -0.4 is 10.6 Å². The van der Waals surface area contributed by atoms with E-state index in [9.17, 15) is 4.79 Å². The van der Waals surface area contributed by atoms with Crippen LogP contribution in [0.3, 0.4) is 0 Å². The lowest BCUT2D eigenvalue weighted by Gasteiger charge is -2.21. The average Bonchev–Trinajstić information content (AvgIpc) is 2.91. The third kappa shape index (κ3) is 3.24. The Balaban J connectivity index is 2.21. The maximum Gasteiger partial charge on any atom is 0.191 e. The number of ketones is 1. The molecule has 0 spiro atoms. The molecule has 0 bridgehead atoms. The number of ether oxygens (including phenoxy) is 1. The average molecular weight is 289 g/mol. The van der Waals surface area contributed by atoms with Gasteiger partial charge in [-0.15, -0.1) is 0 Å². The van der Waals surface area contributed by atoms with Gasteiger partial charge in [0.25, 0.3) is 0 Å². The lowest BCUT2D eigenvalue weighted by atomic mass is 10.0. The number of nitrogen functional groups attached to an aromatic ring is 1. The van der Waals surface area contributed by atoms with Crippen molar-refractivity contribution >= 4 is 23.0 Å². The van der Waals surface area contributed by atoms with Gasteiger partial charge in [0.1, 0.15) is 6.10 Å². The fraction of sp³-hybridized carbons (Fsp3) is 0.500. The first-order valence-electron chi connectivity index (χ1n) is 7.20. The number of hydrogen-bond donors (Lipinski definition) is 1. The highest BCUT2D eigenvalue weighted by molar-refractivity contribution is 6.03. The molecule has 2 N–H and O–H groups in total. The predicted molar refractivity (Wildman–Crippen MR) is 86.2 cm³/mol. The van der Waals surface area contributed by atoms with E-state index in [1.807, 2.05) is 31.9 Å². The lowest BCUT2D eigenvalue weighted by Crippen LogP contribution is -2.25. The summed E-state index contributed by atoms with van der Waals surface area (Å²) < 4.78 is 5.63. The van der Waals surface area contributed by atoms with Crippen molar-refractivity contribution in [2.75, 3.05) is 24.7 Å². The number of rotatable bonds is 3. The van der Waals surface area contributed by atoms with Gasteiger partial charge >= 0.3 is 0 Å². The van der Waals surface area contributed by atoms with Crippen LogP contribution >= 0.6 is 0 Å². The molecule has 1 fully saturated rings. The third-order valence-electron chi connectivity index (χ3n) is 4.01. The largest absolute Gasteiger partial charge is 0.397 e. The molecule has 1 aromatic rings. The minimum atomic E-state index is -0.332. The molecule has 2 unspecified atom stereocenters. The Labute approximate surface area is 125 Å². The summed E-state index contributed by atoms with van der Waals surface area (Å²) in [6, 6.07) is 5.39. The van der Waals surface area contributed by atoms with Crippen LogP contribution in [0.1, 0.15) is 37.0 Å². The van der Waals surface area contributed by atoms with Gasteiger partial charge in [0, 0.05) is 19.7 Å². The minimum absolute atomic E-state index is 0.0149. The van der Waals surface area contributed by atoms with Crippen molar-refractivity contribution in [2.24, 2.45) is 4.99 Å². The van der Waals surface area contributed by atoms with E-state index >= 15 is 0 Å². The van der Waals surface area contributed by atoms with Crippen molar-refractivity contribution in [2.45, 2.75) is 38.9 Å². The van der Waals surface area contributed by atoms with Crippen LogP contribution in [-0.2, 0) is 4.74 Å². The van der Waals surface area contributed by atoms with Gasteiger partial charge in [0.15, 0.2) is 5.78 Å². The number of nitrogens with zero attached hydrogens (tertiary/aromatic N) is 2. The van der Waals surface area contributed by atoms with E-state index in [1.54, 1.807) is 19.2 Å². The van der Waals surface area contributed by atoms with Crippen molar-refractivity contribution in [1.29, 1.82) is 0 Å². The number of amidine groups is 1. The summed E-state index contributed by atoms with van der Waals surface area (Å²) in [4.78, 5) is 18.4. The van der Waals surface area contributed by atoms with Crippen molar-refractivity contribution in [1.82, 2.24) is 0 Å². The first-order valence-corrected chi connectivity index (χ1v) is 7.20. The summed E-state index contributed by atoms with van der Waals surface area (Å²) in [5.74, 6) is 0.870. The highest BCUT2D eigenvalue weighted by Crippen LogP contribution is 2.27. The summed E-state index contributed by atoms with van der Waals surface area (Å²) in [5.41, 5.74) is 8.11. The summed E-state index contributed by atoms with van der Waals surface area (Å²) in [5, 5.41) is 0. The van der Waals surface area contributed by atoms with Crippen LogP contribution in [0.15, 0.2) is 23.2 Å². The maximum atomic E-state index is 12.4. The van der Waals surface area contributed by atoms with Gasteiger partial charge in [-0.3, -0.25) is 9.79 Å². The van der Waals surface area contributed by atoms with Crippen molar-refractivity contribution < 1.29 is 9.53 Å². The zero-order chi connectivity index (χ0) is 15.6. The van der Waals surface area contributed by atoms with Crippen molar-refractivity contribution in [3.05, 3.63) is 23.8 Å². The van der Waals surface area contributed by atoms with Gasteiger partial charge < -0.3 is 15.4 Å². The number of carbonyl (C=O) groups excluding carboxylic acids is 1. The first-order chi connectivity index (χ1) is 9.93. The van der Waals surface area contributed by atoms with E-state index in [0.29, 0.717) is 11.3 Å². The van der Waals surface area contributed by atoms with E-state index in [0.717, 1.165) is 24.4 Å². The lowest BCUT2D eigenvalue weighted by molar-refractivity contribution is 0.0433. The van der Waals surface area contributed by atoms with Gasteiger partial charge in [-0.2, -0.15) is 0 Å². The number of benzene rings is 1. The van der Waals surface area contributed by atoms with Crippen LogP contribution in [0, 0.1) is 0 Å². The number of nitrogens with two attached hydrogens (primary N) is 1. The Morgan fingerprint density at radius 1 is 1.43 bits per heavy atom. The molecule has 5 heteroatoms. The molecule has 114 valence electrons. The number of carbonyl (C=O) groups is 1. The first kappa shape index (κ1) is 15.5. The highest BCUT2D eigenvalue weighted by atomic mass is 16.5. The van der Waals surface area contributed by atoms with Gasteiger partial charge in [0.05, 0.1) is 23.3 Å². The molecule has 0 radical (unpaired) electrons. The van der Waals surface area contributed by atoms with E-state index in [4.69, 9.17) is 10.5 Å². The van der Waals surface area contributed by atoms with Gasteiger partial charge in [-0.25, -0.2) is 0 Å². The molecule has 0 aromatic heterocycles. The third-order valence-corrected chi connectivity index (χ3v) is 4.01. The highest BCUT2D eigenvalue weighted by Gasteiger charge is 2.29. The summed E-state index contributed by atoms with van der Waals surface area (Å²) >= 11 is 0. The number of aliphatic imine (C=N–C) groups is 1. The molecule has 5 nitrogen and oxygen atoms in total. The zero-order valence-electron chi connectivity index (χ0n) is 13.1. The molecule has 1 aromatic carbocycles. The Hall–Kier alpha value is -1.88. The molecule has 1 aliphatic heterocycles. The van der Waals surface area contributed by atoms with Crippen LogP contribution in [0.5, 0.6) is 0 Å². The molecule has 0 aliphatic carbocycles. The second kappa shape index (κ2) is 6.26. The number of Topliss-reactive ketones (excluding diaryl/α,β-unsaturated/α-hetero) is 1. The fourth-order valence-corrected chi connectivity index (χ4v) is 2.52. The van der Waals surface area contributed by atoms with E-state index in [1.165, 1.54) is 0 Å². The monoisotopic (exact) mass is 289 g/mol. The molecule has 1 saturated heterocycles. The number of hydrogen-bond acceptors (Lipinski definition) is 4. The second-order valence-corrected chi connectivity index (χ2v) is 5.48. The molecule has 2 rings (SSSR count). The van der Waals surface area contributed by atoms with Crippen LogP contribution in [0.4, 0.5) is 11.4 Å². The Morgan fingerprint density at radius 3 is 2.67 bits per heavy atom. The summed E-state index contributed by atoms with van der Waals surface area (Å²) in [6.07, 6.45) is 1.54. The quantitative estimate of drug-likeness (QED) is 0.402. The van der Waals surface area contributed by atoms with Gasteiger partial charge in [-0.05, 0) is 44.9 Å². The van der Waals surface area contributed by atoms with E-state index in [2.05, 4.69) is 4.99 Å². The van der Waals surface area contributed by atoms with E-state index in [-0.39, 0.29) is 18.0 Å². The molecule has 1 heterocycles. The molecule has 1 aliphatic rings. The van der Waals surface area contributed by atoms with E-state index < -0.39 is 0 Å². The predicted octanol–water partition coefficient (Wildman–Crippen LogP) is 2.50. The van der Waals surface area contributed by atoms with Gasteiger partial charge in [-0.1, -0.05) is 0 Å². The Morgan fingerprint density at radius 2 is 2.14 bits per heavy atom. The molecule has 0 amide bonds. The fourth-order valence-electron chi connectivity index (χ4n) is 2.52. The molecular formula is C16H23N3O2. The standard InChI is InChI=1S/C16H23N3O2/c1-10-5-8-15(21-10)16(20)12-6-7-14(13(17)9-12)19(4)11(2)18-3/h6-7,9-10,15H,5,8,17H2,1-4H3. The minimum Gasteiger partial charge on any atom is -0.397 e. The van der Waals surface area contributed by atoms with Gasteiger partial charge in [0.2, 0.25) is 0 Å². The molecule has 21 heavy (non-hydrogen) atoms. The SMILES string of the molecule is CN=C(C)N(C)c1ccc(C(=O)C2CCC(C)O2)cc1N. The zero-order valence-corrected chi connectivity index (χ0v) is 13.1.